The molecule has 1 atom stereocenters. The van der Waals surface area contributed by atoms with E-state index in [0.29, 0.717) is 35.6 Å². The fourth-order valence-electron chi connectivity index (χ4n) is 5.63. The summed E-state index contributed by atoms with van der Waals surface area (Å²) in [7, 11) is 13.1. The minimum absolute atomic E-state index is 0.0720. The van der Waals surface area contributed by atoms with E-state index in [9.17, 15) is 14.7 Å². The van der Waals surface area contributed by atoms with Gasteiger partial charge in [-0.15, -0.1) is 0 Å². The molecule has 1 aliphatic rings. The van der Waals surface area contributed by atoms with E-state index in [1.165, 1.54) is 16.6 Å². The van der Waals surface area contributed by atoms with Crippen molar-refractivity contribution in [1.29, 1.82) is 0 Å². The first-order valence-electron chi connectivity index (χ1n) is 13.8. The molecule has 220 valence electrons. The Kier molecular flexibility index (Phi) is 8.82. The summed E-state index contributed by atoms with van der Waals surface area (Å²) in [4.78, 5) is 37.7. The molecule has 4 radical (unpaired) electrons. The summed E-state index contributed by atoms with van der Waals surface area (Å²) in [6, 6.07) is 8.64. The summed E-state index contributed by atoms with van der Waals surface area (Å²) in [5.74, 6) is 0.258. The summed E-state index contributed by atoms with van der Waals surface area (Å²) in [6.45, 7) is 5.12. The molecule has 1 fully saturated rings. The monoisotopic (exact) mass is 616 g/mol. The summed E-state index contributed by atoms with van der Waals surface area (Å²) < 4.78 is 5.51. The summed E-state index contributed by atoms with van der Waals surface area (Å²) in [5, 5.41) is 18.3. The third-order valence-electron chi connectivity index (χ3n) is 7.65. The Labute approximate surface area is 261 Å². The number of hydrogen-bond donors (Lipinski definition) is 3. The quantitative estimate of drug-likeness (QED) is 0.155. The molecule has 4 heterocycles. The molecule has 1 amide bonds. The topological polar surface area (TPSA) is 130 Å². The number of piperidine rings is 1. The van der Waals surface area contributed by atoms with E-state index < -0.39 is 5.52 Å². The second-order valence-electron chi connectivity index (χ2n) is 10.8. The molecule has 5 rings (SSSR count). The molecule has 43 heavy (non-hydrogen) atoms. The zero-order valence-electron chi connectivity index (χ0n) is 24.3. The molecule has 3 N–H and O–H groups in total. The first-order chi connectivity index (χ1) is 20.4. The zero-order chi connectivity index (χ0) is 31.1. The SMILES string of the molecule is [B]C([B])(O)n1nccc1C1CCN(c2nc3c(C(C)Nc4ccc(Cl)nc4C(=O)NSC)cc(C)cc3c(=O)n2C)CC1. The Hall–Kier alpha value is -3.48. The molecule has 3 aromatic heterocycles. The molecular formula is C28H31B2ClN8O3S. The predicted molar refractivity (Wildman–Crippen MR) is 172 cm³/mol. The number of fused-ring (bicyclic) bond motifs is 1. The predicted octanol–water partition coefficient (Wildman–Crippen LogP) is 2.95. The van der Waals surface area contributed by atoms with Gasteiger partial charge in [-0.25, -0.2) is 9.97 Å². The second-order valence-corrected chi connectivity index (χ2v) is 11.8. The van der Waals surface area contributed by atoms with Gasteiger partial charge in [0.1, 0.15) is 20.8 Å². The van der Waals surface area contributed by atoms with Crippen LogP contribution in [-0.2, 0) is 12.6 Å². The maximum absolute atomic E-state index is 13.7. The Morgan fingerprint density at radius 3 is 2.60 bits per heavy atom. The minimum atomic E-state index is -2.08. The number of rotatable bonds is 8. The molecule has 11 nitrogen and oxygen atoms in total. The van der Waals surface area contributed by atoms with E-state index in [2.05, 4.69) is 25.0 Å². The van der Waals surface area contributed by atoms with Crippen LogP contribution in [0, 0.1) is 6.92 Å². The highest BCUT2D eigenvalue weighted by Gasteiger charge is 2.29. The fourth-order valence-corrected chi connectivity index (χ4v) is 6.06. The molecule has 0 spiro atoms. The van der Waals surface area contributed by atoms with Gasteiger partial charge in [0.15, 0.2) is 5.69 Å². The Balaban J connectivity index is 1.47. The smallest absolute Gasteiger partial charge is 0.281 e. The second kappa shape index (κ2) is 12.3. The lowest BCUT2D eigenvalue weighted by Crippen LogP contribution is -2.40. The van der Waals surface area contributed by atoms with Crippen LogP contribution in [0.3, 0.4) is 0 Å². The number of amides is 1. The van der Waals surface area contributed by atoms with Gasteiger partial charge in [-0.1, -0.05) is 29.6 Å². The molecule has 1 aliphatic heterocycles. The van der Waals surface area contributed by atoms with Crippen LogP contribution in [0.4, 0.5) is 11.6 Å². The van der Waals surface area contributed by atoms with E-state index in [-0.39, 0.29) is 34.3 Å². The van der Waals surface area contributed by atoms with Crippen molar-refractivity contribution in [2.45, 2.75) is 44.2 Å². The first-order valence-corrected chi connectivity index (χ1v) is 15.4. The number of carbonyl (C=O) groups excluding carboxylic acids is 1. The third-order valence-corrected chi connectivity index (χ3v) is 8.25. The van der Waals surface area contributed by atoms with Crippen LogP contribution in [0.1, 0.15) is 59.0 Å². The van der Waals surface area contributed by atoms with E-state index in [1.807, 2.05) is 32.0 Å². The normalized spacial score (nSPS) is 15.1. The zero-order valence-corrected chi connectivity index (χ0v) is 25.9. The average Bonchev–Trinajstić information content (AvgIpc) is 3.47. The number of nitrogens with one attached hydrogen (secondary N) is 2. The van der Waals surface area contributed by atoms with Gasteiger partial charge in [0, 0.05) is 49.8 Å². The minimum Gasteiger partial charge on any atom is -0.388 e. The van der Waals surface area contributed by atoms with Gasteiger partial charge in [-0.3, -0.25) is 23.6 Å². The van der Waals surface area contributed by atoms with Gasteiger partial charge in [0.25, 0.3) is 11.5 Å². The van der Waals surface area contributed by atoms with Gasteiger partial charge in [-0.2, -0.15) is 5.10 Å². The molecule has 1 unspecified atom stereocenters. The molecular weight excluding hydrogens is 586 g/mol. The molecule has 4 aromatic rings. The van der Waals surface area contributed by atoms with E-state index in [4.69, 9.17) is 32.3 Å². The van der Waals surface area contributed by atoms with Crippen molar-refractivity contribution in [3.8, 4) is 0 Å². The van der Waals surface area contributed by atoms with Crippen molar-refractivity contribution >= 4 is 67.7 Å². The van der Waals surface area contributed by atoms with Gasteiger partial charge >= 0.3 is 0 Å². The number of aryl methyl sites for hydroxylation is 1. The van der Waals surface area contributed by atoms with E-state index >= 15 is 0 Å². The van der Waals surface area contributed by atoms with Crippen molar-refractivity contribution in [1.82, 2.24) is 29.0 Å². The van der Waals surface area contributed by atoms with Crippen molar-refractivity contribution in [2.75, 3.05) is 29.6 Å². The summed E-state index contributed by atoms with van der Waals surface area (Å²) >= 11 is 7.27. The van der Waals surface area contributed by atoms with Gasteiger partial charge in [-0.05, 0) is 56.5 Å². The molecule has 15 heteroatoms. The van der Waals surface area contributed by atoms with Crippen LogP contribution < -0.4 is 20.5 Å². The number of halogens is 1. The number of nitrogens with zero attached hydrogens (tertiary/aromatic N) is 6. The van der Waals surface area contributed by atoms with Crippen LogP contribution in [0.15, 0.2) is 41.3 Å². The number of carbonyl (C=O) groups is 1. The lowest BCUT2D eigenvalue weighted by atomic mass is 9.73. The highest BCUT2D eigenvalue weighted by molar-refractivity contribution is 7.97. The Morgan fingerprint density at radius 1 is 1.21 bits per heavy atom. The number of aromatic nitrogens is 5. The maximum Gasteiger partial charge on any atom is 0.281 e. The maximum atomic E-state index is 13.7. The summed E-state index contributed by atoms with van der Waals surface area (Å²) in [5.41, 5.74) is 1.50. The fraction of sp³-hybridized carbons (Fsp3) is 0.393. The molecule has 0 bridgehead atoms. The van der Waals surface area contributed by atoms with Crippen LogP contribution >= 0.6 is 23.5 Å². The van der Waals surface area contributed by atoms with Crippen LogP contribution in [0.2, 0.25) is 5.15 Å². The lowest BCUT2D eigenvalue weighted by molar-refractivity contribution is 0.0980. The van der Waals surface area contributed by atoms with Gasteiger partial charge in [0.05, 0.1) is 28.2 Å². The number of benzene rings is 1. The van der Waals surface area contributed by atoms with Crippen molar-refractivity contribution in [3.63, 3.8) is 0 Å². The first kappa shape index (κ1) is 31.0. The molecule has 0 saturated carbocycles. The number of aliphatic hydroxyl groups is 1. The highest BCUT2D eigenvalue weighted by Crippen LogP contribution is 2.33. The number of pyridine rings is 1. The molecule has 1 aromatic carbocycles. The summed E-state index contributed by atoms with van der Waals surface area (Å²) in [6.07, 6.45) is 4.76. The Morgan fingerprint density at radius 2 is 1.93 bits per heavy atom. The van der Waals surface area contributed by atoms with Gasteiger partial charge in [0.2, 0.25) is 5.95 Å². The largest absolute Gasteiger partial charge is 0.388 e. The van der Waals surface area contributed by atoms with Crippen LogP contribution in [-0.4, -0.2) is 70.4 Å². The van der Waals surface area contributed by atoms with Crippen molar-refractivity contribution in [3.05, 3.63) is 74.6 Å². The van der Waals surface area contributed by atoms with E-state index in [0.717, 1.165) is 29.7 Å². The van der Waals surface area contributed by atoms with Crippen molar-refractivity contribution < 1.29 is 9.90 Å². The average molecular weight is 617 g/mol. The third kappa shape index (κ3) is 6.27. The number of anilines is 2. The standard InChI is InChI=1S/C28H31B2ClN8O3S/c1-15-13-18(16(2)33-20-5-6-22(31)34-24(20)25(40)36-43-4)23-19(14-15)26(41)37(3)27(35-23)38-11-8-17(9-12-38)21-7-10-32-39(21)28(29,30)42/h5-7,10,13-14,16-17,33,42H,8-9,11-12H2,1-4H3,(H,36,40). The van der Waals surface area contributed by atoms with Crippen molar-refractivity contribution in [2.24, 2.45) is 7.05 Å². The highest BCUT2D eigenvalue weighted by atomic mass is 35.5. The lowest BCUT2D eigenvalue weighted by Gasteiger charge is -2.35. The Bertz CT molecular complexity index is 1730. The van der Waals surface area contributed by atoms with E-state index in [1.54, 1.807) is 36.2 Å². The van der Waals surface area contributed by atoms with Gasteiger partial charge < -0.3 is 15.3 Å². The molecule has 0 aliphatic carbocycles. The number of hydrogen-bond acceptors (Lipinski definition) is 9. The van der Waals surface area contributed by atoms with Crippen LogP contribution in [0.5, 0.6) is 0 Å². The molecule has 1 saturated heterocycles. The van der Waals surface area contributed by atoms with Crippen LogP contribution in [0.25, 0.3) is 10.9 Å².